The van der Waals surface area contributed by atoms with Gasteiger partial charge in [-0.3, -0.25) is 4.79 Å². The first-order valence-corrected chi connectivity index (χ1v) is 10.2. The van der Waals surface area contributed by atoms with E-state index in [0.717, 1.165) is 49.3 Å². The molecule has 1 N–H and O–H groups in total. The number of carbonyl (C=O) groups is 1. The van der Waals surface area contributed by atoms with Crippen LogP contribution in [0.25, 0.3) is 0 Å². The number of rotatable bonds is 6. The fourth-order valence-corrected chi connectivity index (χ4v) is 6.78. The maximum Gasteiger partial charge on any atom is 0.220 e. The van der Waals surface area contributed by atoms with E-state index in [2.05, 4.69) is 17.2 Å². The van der Waals surface area contributed by atoms with Gasteiger partial charge < -0.3 is 5.32 Å². The monoisotopic (exact) mass is 332 g/mol. The van der Waals surface area contributed by atoms with Crippen molar-refractivity contribution >= 4 is 17.2 Å². The van der Waals surface area contributed by atoms with Crippen LogP contribution in [0.4, 0.5) is 0 Å². The van der Waals surface area contributed by atoms with Crippen molar-refractivity contribution in [3.63, 3.8) is 0 Å². The first-order valence-electron chi connectivity index (χ1n) is 9.27. The average molecular weight is 333 g/mol. The van der Waals surface area contributed by atoms with E-state index in [1.807, 2.05) is 5.51 Å². The molecule has 0 atom stereocenters. The third kappa shape index (κ3) is 3.33. The normalized spacial score (nSPS) is 34.7. The average Bonchev–Trinajstić information content (AvgIpc) is 2.87. The summed E-state index contributed by atoms with van der Waals surface area (Å²) in [6.07, 6.45) is 11.2. The molecular weight excluding hydrogens is 304 g/mol. The minimum atomic E-state index is 0.299. The maximum atomic E-state index is 12.4. The molecule has 1 amide bonds. The van der Waals surface area contributed by atoms with E-state index in [9.17, 15) is 4.79 Å². The Kier molecular flexibility index (Phi) is 4.21. The summed E-state index contributed by atoms with van der Waals surface area (Å²) in [6, 6.07) is 0. The Labute approximate surface area is 143 Å². The van der Waals surface area contributed by atoms with Gasteiger partial charge in [-0.15, -0.1) is 11.3 Å². The van der Waals surface area contributed by atoms with Crippen molar-refractivity contribution in [2.45, 2.75) is 64.7 Å². The van der Waals surface area contributed by atoms with Crippen molar-refractivity contribution in [2.75, 3.05) is 6.54 Å². The van der Waals surface area contributed by atoms with E-state index < -0.39 is 0 Å². The minimum absolute atomic E-state index is 0.299. The van der Waals surface area contributed by atoms with Crippen LogP contribution in [-0.4, -0.2) is 17.4 Å². The van der Waals surface area contributed by atoms with Crippen molar-refractivity contribution < 1.29 is 4.79 Å². The molecule has 0 spiro atoms. The van der Waals surface area contributed by atoms with E-state index in [0.29, 0.717) is 11.3 Å². The molecule has 4 saturated carbocycles. The maximum absolute atomic E-state index is 12.4. The van der Waals surface area contributed by atoms with Crippen LogP contribution in [0.1, 0.15) is 61.9 Å². The number of aromatic nitrogens is 1. The number of amides is 1. The summed E-state index contributed by atoms with van der Waals surface area (Å²) in [5.74, 6) is 3.10. The lowest BCUT2D eigenvalue weighted by Gasteiger charge is -2.56. The fraction of sp³-hybridized carbons (Fsp3) is 0.789. The number of nitrogens with one attached hydrogen (secondary N) is 1. The van der Waals surface area contributed by atoms with E-state index in [-0.39, 0.29) is 0 Å². The zero-order chi connectivity index (χ0) is 15.9. The molecule has 23 heavy (non-hydrogen) atoms. The summed E-state index contributed by atoms with van der Waals surface area (Å²) in [5, 5.41) is 3.18. The van der Waals surface area contributed by atoms with E-state index in [1.54, 1.807) is 11.3 Å². The number of hydrogen-bond donors (Lipinski definition) is 1. The van der Waals surface area contributed by atoms with Gasteiger partial charge in [-0.2, -0.15) is 0 Å². The highest BCUT2D eigenvalue weighted by molar-refractivity contribution is 7.09. The van der Waals surface area contributed by atoms with Gasteiger partial charge in [0.2, 0.25) is 5.91 Å². The van der Waals surface area contributed by atoms with Gasteiger partial charge in [-0.05, 0) is 81.5 Å². The molecule has 1 aromatic rings. The molecule has 4 heteroatoms. The highest BCUT2D eigenvalue weighted by Crippen LogP contribution is 2.61. The second-order valence-electron chi connectivity index (χ2n) is 8.41. The van der Waals surface area contributed by atoms with Gasteiger partial charge in [0.1, 0.15) is 0 Å². The van der Waals surface area contributed by atoms with E-state index >= 15 is 0 Å². The highest BCUT2D eigenvalue weighted by atomic mass is 32.1. The van der Waals surface area contributed by atoms with Crippen LogP contribution in [0.3, 0.4) is 0 Å². The molecule has 0 aliphatic heterocycles. The molecule has 1 heterocycles. The Morgan fingerprint density at radius 2 is 1.91 bits per heavy atom. The molecule has 126 valence electrons. The molecule has 1 aromatic heterocycles. The molecule has 0 aromatic carbocycles. The summed E-state index contributed by atoms with van der Waals surface area (Å²) in [6.45, 7) is 2.87. The molecular formula is C19H28N2OS. The van der Waals surface area contributed by atoms with Gasteiger partial charge in [-0.1, -0.05) is 0 Å². The Morgan fingerprint density at radius 1 is 1.26 bits per heavy atom. The van der Waals surface area contributed by atoms with Crippen LogP contribution in [0.2, 0.25) is 0 Å². The zero-order valence-electron chi connectivity index (χ0n) is 14.1. The molecule has 3 nitrogen and oxygen atoms in total. The van der Waals surface area contributed by atoms with E-state index in [1.165, 1.54) is 43.4 Å². The number of aryl methyl sites for hydroxylation is 2. The summed E-state index contributed by atoms with van der Waals surface area (Å²) in [5.41, 5.74) is 3.43. The molecule has 0 radical (unpaired) electrons. The largest absolute Gasteiger partial charge is 0.356 e. The molecule has 4 aliphatic rings. The quantitative estimate of drug-likeness (QED) is 0.797. The summed E-state index contributed by atoms with van der Waals surface area (Å²) in [4.78, 5) is 18.1. The molecule has 4 bridgehead atoms. The molecule has 0 unspecified atom stereocenters. The van der Waals surface area contributed by atoms with Crippen molar-refractivity contribution in [2.24, 2.45) is 23.2 Å². The third-order valence-corrected chi connectivity index (χ3v) is 7.44. The summed E-state index contributed by atoms with van der Waals surface area (Å²) in [7, 11) is 0. The van der Waals surface area contributed by atoms with Gasteiger partial charge in [0, 0.05) is 17.8 Å². The Hall–Kier alpha value is -0.900. The fourth-order valence-electron chi connectivity index (χ4n) is 5.95. The number of carbonyl (C=O) groups excluding carboxylic acids is 1. The van der Waals surface area contributed by atoms with Crippen LogP contribution in [-0.2, 0) is 11.2 Å². The molecule has 0 saturated heterocycles. The predicted octanol–water partition coefficient (Wildman–Crippen LogP) is 4.11. The van der Waals surface area contributed by atoms with Gasteiger partial charge in [0.15, 0.2) is 0 Å². The molecule has 4 aliphatic carbocycles. The van der Waals surface area contributed by atoms with Crippen LogP contribution < -0.4 is 5.32 Å². The summed E-state index contributed by atoms with van der Waals surface area (Å²) >= 11 is 1.73. The molecule has 4 fully saturated rings. The smallest absolute Gasteiger partial charge is 0.220 e. The zero-order valence-corrected chi connectivity index (χ0v) is 15.0. The third-order valence-electron chi connectivity index (χ3n) is 6.45. The van der Waals surface area contributed by atoms with Gasteiger partial charge in [0.25, 0.3) is 0 Å². The number of nitrogens with zero attached hydrogens (tertiary/aromatic N) is 1. The predicted molar refractivity (Wildman–Crippen MR) is 93.4 cm³/mol. The number of thiazole rings is 1. The van der Waals surface area contributed by atoms with Crippen LogP contribution in [0.15, 0.2) is 5.51 Å². The first kappa shape index (κ1) is 15.6. The minimum Gasteiger partial charge on any atom is -0.356 e. The lowest BCUT2D eigenvalue weighted by molar-refractivity contribution is -0.129. The van der Waals surface area contributed by atoms with Crippen molar-refractivity contribution in [1.82, 2.24) is 10.3 Å². The van der Waals surface area contributed by atoms with E-state index in [4.69, 9.17) is 0 Å². The lowest BCUT2D eigenvalue weighted by atomic mass is 9.49. The standard InChI is InChI=1S/C19H28N2OS/c1-13-17(23-12-21-13)3-2-4-20-18(22)11-19-8-14-5-15(9-19)7-16(6-14)10-19/h12,14-16H,2-11H2,1H3,(H,20,22). The number of hydrogen-bond acceptors (Lipinski definition) is 3. The highest BCUT2D eigenvalue weighted by Gasteiger charge is 2.51. The van der Waals surface area contributed by atoms with Gasteiger partial charge in [-0.25, -0.2) is 4.98 Å². The second kappa shape index (κ2) is 6.19. The SMILES string of the molecule is Cc1ncsc1CCCNC(=O)CC12CC3CC(CC(C3)C1)C2. The topological polar surface area (TPSA) is 42.0 Å². The van der Waals surface area contributed by atoms with Gasteiger partial charge in [0.05, 0.1) is 11.2 Å². The van der Waals surface area contributed by atoms with Crippen molar-refractivity contribution in [3.05, 3.63) is 16.1 Å². The van der Waals surface area contributed by atoms with Crippen LogP contribution in [0, 0.1) is 30.1 Å². The first-order chi connectivity index (χ1) is 11.1. The van der Waals surface area contributed by atoms with Crippen molar-refractivity contribution in [3.8, 4) is 0 Å². The molecule has 5 rings (SSSR count). The van der Waals surface area contributed by atoms with Crippen LogP contribution in [0.5, 0.6) is 0 Å². The Morgan fingerprint density at radius 3 is 2.48 bits per heavy atom. The second-order valence-corrected chi connectivity index (χ2v) is 9.35. The Balaban J connectivity index is 1.23. The lowest BCUT2D eigenvalue weighted by Crippen LogP contribution is -2.48. The van der Waals surface area contributed by atoms with Crippen molar-refractivity contribution in [1.29, 1.82) is 0 Å². The van der Waals surface area contributed by atoms with Crippen LogP contribution >= 0.6 is 11.3 Å². The summed E-state index contributed by atoms with van der Waals surface area (Å²) < 4.78 is 0. The van der Waals surface area contributed by atoms with Gasteiger partial charge >= 0.3 is 0 Å². The Bertz CT molecular complexity index is 544.